The standard InChI is InChI=1S/C50H50N2O10.2ClH/c1-51-17-15-45-31-21-7-13-27(57-3)41(31)61-43(45)49(59-5)35-25(55)11-9-23(53)33(35)47(45,29(51)19-21)37-38-40(39(37)49)50(60-6)36-26(56)12-10-24(54)34(36)48(38)30-20-22-8-14-28(58-4)42-32(22)46(48,44(50)62-42)16-18-52(30)2;;/h7-14,29-30,37-40,43-44,53-56H,15-20H2,1-6H3;2*1H. The summed E-state index contributed by atoms with van der Waals surface area (Å²) in [4.78, 5) is 5.01. The van der Waals surface area contributed by atoms with Crippen LogP contribution in [0.25, 0.3) is 0 Å². The monoisotopic (exact) mass is 910 g/mol. The first-order valence-electron chi connectivity index (χ1n) is 22.4. The van der Waals surface area contributed by atoms with Gasteiger partial charge in [-0.15, -0.1) is 24.8 Å². The van der Waals surface area contributed by atoms with Crippen molar-refractivity contribution in [2.24, 2.45) is 23.7 Å². The summed E-state index contributed by atoms with van der Waals surface area (Å²) in [6, 6.07) is 14.8. The van der Waals surface area contributed by atoms with E-state index in [2.05, 4.69) is 36.0 Å². The Balaban J connectivity index is 0.00000206. The third kappa shape index (κ3) is 3.23. The molecule has 13 aliphatic rings. The van der Waals surface area contributed by atoms with Crippen LogP contribution in [-0.2, 0) is 55.2 Å². The zero-order valence-electron chi connectivity index (χ0n) is 36.4. The van der Waals surface area contributed by atoms with Gasteiger partial charge in [0, 0.05) is 82.3 Å². The number of piperidine rings is 2. The summed E-state index contributed by atoms with van der Waals surface area (Å²) >= 11 is 0. The zero-order chi connectivity index (χ0) is 42.2. The maximum atomic E-state index is 12.8. The van der Waals surface area contributed by atoms with Crippen LogP contribution in [0.4, 0.5) is 0 Å². The van der Waals surface area contributed by atoms with Crippen LogP contribution in [0.5, 0.6) is 46.0 Å². The van der Waals surface area contributed by atoms with E-state index >= 15 is 0 Å². The van der Waals surface area contributed by atoms with Gasteiger partial charge in [0.05, 0.1) is 25.0 Å². The van der Waals surface area contributed by atoms with Crippen molar-refractivity contribution in [3.8, 4) is 46.0 Å². The van der Waals surface area contributed by atoms with E-state index in [0.29, 0.717) is 35.5 Å². The number of rotatable bonds is 4. The molecule has 14 atom stereocenters. The molecule has 5 fully saturated rings. The van der Waals surface area contributed by atoms with Crippen molar-refractivity contribution in [3.05, 3.63) is 93.0 Å². The Morgan fingerprint density at radius 2 is 0.891 bits per heavy atom. The number of ether oxygens (including phenoxy) is 6. The number of hydrogen-bond donors (Lipinski definition) is 4. The molecule has 3 saturated carbocycles. The Morgan fingerprint density at radius 3 is 1.25 bits per heavy atom. The van der Waals surface area contributed by atoms with Gasteiger partial charge < -0.3 is 58.6 Å². The number of hydrogen-bond acceptors (Lipinski definition) is 12. The van der Waals surface area contributed by atoms with E-state index in [9.17, 15) is 20.4 Å². The van der Waals surface area contributed by atoms with Crippen LogP contribution in [0.3, 0.4) is 0 Å². The number of phenols is 4. The van der Waals surface area contributed by atoms with E-state index in [4.69, 9.17) is 28.4 Å². The zero-order valence-corrected chi connectivity index (χ0v) is 38.1. The molecule has 14 heteroatoms. The minimum Gasteiger partial charge on any atom is -0.508 e. The van der Waals surface area contributed by atoms with Crippen molar-refractivity contribution in [3.63, 3.8) is 0 Å². The molecule has 17 rings (SSSR count). The highest BCUT2D eigenvalue weighted by Crippen LogP contribution is 2.93. The van der Waals surface area contributed by atoms with Gasteiger partial charge in [0.15, 0.2) is 23.0 Å². The highest BCUT2D eigenvalue weighted by molar-refractivity contribution is 5.86. The minimum absolute atomic E-state index is 0. The van der Waals surface area contributed by atoms with Crippen LogP contribution in [0.15, 0.2) is 48.5 Å². The van der Waals surface area contributed by atoms with Crippen LogP contribution in [0.1, 0.15) is 57.3 Å². The average molecular weight is 912 g/mol. The topological polar surface area (TPSA) is 143 Å². The molecule has 4 heterocycles. The molecule has 4 N–H and O–H groups in total. The lowest BCUT2D eigenvalue weighted by molar-refractivity contribution is -0.402. The molecule has 336 valence electrons. The number of aromatic hydroxyl groups is 4. The fourth-order valence-electron chi connectivity index (χ4n) is 19.3. The molecule has 4 aromatic rings. The molecule has 0 radical (unpaired) electrons. The summed E-state index contributed by atoms with van der Waals surface area (Å²) in [5, 5.41) is 50.7. The Kier molecular flexibility index (Phi) is 7.26. The second-order valence-corrected chi connectivity index (χ2v) is 20.6. The van der Waals surface area contributed by atoms with E-state index < -0.39 is 45.1 Å². The molecule has 64 heavy (non-hydrogen) atoms. The molecular weight excluding hydrogens is 859 g/mol. The summed E-state index contributed by atoms with van der Waals surface area (Å²) in [5.41, 5.74) is 1.67. The van der Waals surface area contributed by atoms with E-state index in [1.165, 1.54) is 11.1 Å². The summed E-state index contributed by atoms with van der Waals surface area (Å²) in [6.45, 7) is 1.60. The predicted octanol–water partition coefficient (Wildman–Crippen LogP) is 5.68. The third-order valence-corrected chi connectivity index (χ3v) is 20.2. The van der Waals surface area contributed by atoms with Crippen molar-refractivity contribution in [2.75, 3.05) is 55.6 Å². The highest BCUT2D eigenvalue weighted by atomic mass is 35.5. The third-order valence-electron chi connectivity index (χ3n) is 20.2. The minimum atomic E-state index is -1.33. The van der Waals surface area contributed by atoms with Gasteiger partial charge in [-0.25, -0.2) is 0 Å². The van der Waals surface area contributed by atoms with Crippen LogP contribution >= 0.6 is 24.8 Å². The second kappa shape index (κ2) is 11.6. The molecular formula is C50H52Cl2N2O10. The van der Waals surface area contributed by atoms with E-state index in [-0.39, 0.29) is 83.6 Å². The Bertz CT molecular complexity index is 2660. The van der Waals surface area contributed by atoms with Crippen molar-refractivity contribution >= 4 is 24.8 Å². The van der Waals surface area contributed by atoms with Crippen LogP contribution in [0, 0.1) is 23.7 Å². The molecule has 2 saturated heterocycles. The van der Waals surface area contributed by atoms with E-state index in [1.807, 2.05) is 12.1 Å². The first kappa shape index (κ1) is 40.0. The summed E-state index contributed by atoms with van der Waals surface area (Å²) in [5.74, 6) is 2.04. The molecule has 8 bridgehead atoms. The molecule has 4 aliphatic heterocycles. The molecule has 0 aromatic heterocycles. The molecule has 4 spiro atoms. The maximum Gasteiger partial charge on any atom is 0.166 e. The van der Waals surface area contributed by atoms with Crippen molar-refractivity contribution in [2.45, 2.75) is 82.8 Å². The van der Waals surface area contributed by atoms with Gasteiger partial charge in [-0.3, -0.25) is 0 Å². The normalized spacial score (nSPS) is 42.5. The highest BCUT2D eigenvalue weighted by Gasteiger charge is 2.98. The van der Waals surface area contributed by atoms with Crippen molar-refractivity contribution in [1.82, 2.24) is 9.80 Å². The summed E-state index contributed by atoms with van der Waals surface area (Å²) < 4.78 is 42.0. The van der Waals surface area contributed by atoms with Gasteiger partial charge in [-0.1, -0.05) is 12.1 Å². The lowest BCUT2D eigenvalue weighted by Crippen LogP contribution is -2.96. The summed E-state index contributed by atoms with van der Waals surface area (Å²) in [6.07, 6.45) is 1.62. The van der Waals surface area contributed by atoms with Gasteiger partial charge in [-0.2, -0.15) is 0 Å². The number of likely N-dealkylation sites (tertiary alicyclic amines) is 2. The Labute approximate surface area is 383 Å². The summed E-state index contributed by atoms with van der Waals surface area (Å²) in [7, 11) is 11.3. The first-order valence-corrected chi connectivity index (χ1v) is 22.4. The number of halogens is 2. The number of benzene rings is 4. The first-order chi connectivity index (χ1) is 30.0. The molecule has 14 unspecified atom stereocenters. The number of methoxy groups -OCH3 is 4. The number of nitrogens with zero attached hydrogens (tertiary/aromatic N) is 2. The quantitative estimate of drug-likeness (QED) is 0.187. The molecule has 9 aliphatic carbocycles. The van der Waals surface area contributed by atoms with Crippen molar-refractivity contribution in [1.29, 1.82) is 0 Å². The molecule has 0 amide bonds. The predicted molar refractivity (Wildman–Crippen MR) is 236 cm³/mol. The van der Waals surface area contributed by atoms with Crippen LogP contribution in [-0.4, -0.2) is 110 Å². The fraction of sp³-hybridized carbons (Fsp3) is 0.520. The fourth-order valence-corrected chi connectivity index (χ4v) is 19.3. The molecule has 4 aromatic carbocycles. The van der Waals surface area contributed by atoms with E-state index in [1.54, 1.807) is 52.7 Å². The van der Waals surface area contributed by atoms with Crippen LogP contribution in [0.2, 0.25) is 0 Å². The van der Waals surface area contributed by atoms with E-state index in [0.717, 1.165) is 59.7 Å². The van der Waals surface area contributed by atoms with Gasteiger partial charge in [0.25, 0.3) is 0 Å². The Morgan fingerprint density at radius 1 is 0.516 bits per heavy atom. The van der Waals surface area contributed by atoms with Gasteiger partial charge in [0.2, 0.25) is 0 Å². The SMILES string of the molecule is COc1ccc2c3c1OC1C4(OC)c5c(O)ccc(O)c5C5(C6C4C4C6C67c8c(O)ccc(O)c8C4(OC)C4Oc8c(OC)ccc9c8C46CCN(C)C7C9)C(C2)N(C)CCC315.Cl.Cl. The number of likely N-dealkylation sites (N-methyl/N-ethyl adjacent to an activating group) is 2. The maximum absolute atomic E-state index is 12.8. The van der Waals surface area contributed by atoms with Gasteiger partial charge in [0.1, 0.15) is 46.4 Å². The van der Waals surface area contributed by atoms with Gasteiger partial charge >= 0.3 is 0 Å². The second-order valence-electron chi connectivity index (χ2n) is 20.6. The van der Waals surface area contributed by atoms with Crippen LogP contribution < -0.4 is 18.9 Å². The van der Waals surface area contributed by atoms with Crippen molar-refractivity contribution < 1.29 is 48.8 Å². The number of phenolic OH excluding ortho intramolecular Hbond substituents is 4. The Hall–Kier alpha value is -4.30. The smallest absolute Gasteiger partial charge is 0.166 e. The lowest BCUT2D eigenvalue weighted by Gasteiger charge is -2.89. The lowest BCUT2D eigenvalue weighted by atomic mass is 9.16. The largest absolute Gasteiger partial charge is 0.508 e. The van der Waals surface area contributed by atoms with Gasteiger partial charge in [-0.05, 0) is 112 Å². The molecule has 12 nitrogen and oxygen atoms in total. The average Bonchev–Trinajstić information content (AvgIpc) is 3.82.